The van der Waals surface area contributed by atoms with Gasteiger partial charge in [0.15, 0.2) is 6.54 Å². The van der Waals surface area contributed by atoms with Crippen LogP contribution in [0.3, 0.4) is 0 Å². The molecular formula is C31H39N2O3+. The molecule has 5 nitrogen and oxygen atoms in total. The van der Waals surface area contributed by atoms with Crippen LogP contribution in [0, 0.1) is 0 Å². The Kier molecular flexibility index (Phi) is 9.15. The second-order valence-corrected chi connectivity index (χ2v) is 9.33. The molecule has 0 fully saturated rings. The molecule has 36 heavy (non-hydrogen) atoms. The molecule has 0 bridgehead atoms. The number of rotatable bonds is 12. The van der Waals surface area contributed by atoms with E-state index in [1.807, 2.05) is 6.07 Å². The van der Waals surface area contributed by atoms with Crippen LogP contribution in [0.1, 0.15) is 39.5 Å². The Morgan fingerprint density at radius 1 is 0.806 bits per heavy atom. The minimum atomic E-state index is 0.119. The van der Waals surface area contributed by atoms with Gasteiger partial charge in [0, 0.05) is 53.8 Å². The molecular weight excluding hydrogens is 448 g/mol. The smallest absolute Gasteiger partial charge is 0.203 e. The lowest BCUT2D eigenvalue weighted by atomic mass is 9.93. The SMILES string of the molecule is CCCCN(CCO)c1ccc2c(-c3ccccc3)c3ccc(=[N+](CCO)CCCC)cc-3oc2c1. The van der Waals surface area contributed by atoms with Gasteiger partial charge in [0.05, 0.1) is 12.7 Å². The average molecular weight is 488 g/mol. The molecule has 0 radical (unpaired) electrons. The maximum atomic E-state index is 9.64. The van der Waals surface area contributed by atoms with Crippen molar-refractivity contribution < 1.29 is 14.6 Å². The van der Waals surface area contributed by atoms with Gasteiger partial charge in [0.2, 0.25) is 5.36 Å². The van der Waals surface area contributed by atoms with E-state index in [9.17, 15) is 10.2 Å². The van der Waals surface area contributed by atoms with Gasteiger partial charge in [-0.1, -0.05) is 57.0 Å². The first-order valence-corrected chi connectivity index (χ1v) is 13.3. The van der Waals surface area contributed by atoms with Crippen molar-refractivity contribution in [3.05, 3.63) is 72.1 Å². The summed E-state index contributed by atoms with van der Waals surface area (Å²) in [4.78, 5) is 2.23. The summed E-state index contributed by atoms with van der Waals surface area (Å²) in [5.41, 5.74) is 5.28. The molecule has 2 aromatic carbocycles. The average Bonchev–Trinajstić information content (AvgIpc) is 2.91. The molecule has 4 rings (SSSR count). The first-order chi connectivity index (χ1) is 17.7. The molecule has 0 amide bonds. The topological polar surface area (TPSA) is 59.8 Å². The highest BCUT2D eigenvalue weighted by Gasteiger charge is 2.19. The van der Waals surface area contributed by atoms with E-state index in [1.54, 1.807) is 0 Å². The van der Waals surface area contributed by atoms with Gasteiger partial charge >= 0.3 is 0 Å². The van der Waals surface area contributed by atoms with E-state index >= 15 is 0 Å². The summed E-state index contributed by atoms with van der Waals surface area (Å²) in [6, 6.07) is 23.3. The second kappa shape index (κ2) is 12.7. The van der Waals surface area contributed by atoms with E-state index in [-0.39, 0.29) is 13.2 Å². The zero-order chi connectivity index (χ0) is 25.3. The monoisotopic (exact) mass is 487 g/mol. The minimum Gasteiger partial charge on any atom is -0.456 e. The summed E-state index contributed by atoms with van der Waals surface area (Å²) in [5, 5.41) is 21.4. The van der Waals surface area contributed by atoms with Crippen LogP contribution in [0.25, 0.3) is 33.4 Å². The van der Waals surface area contributed by atoms with Gasteiger partial charge in [-0.15, -0.1) is 0 Å². The molecule has 0 spiro atoms. The van der Waals surface area contributed by atoms with Crippen LogP contribution in [0.15, 0.2) is 71.1 Å². The number of fused-ring (bicyclic) bond motifs is 2. The van der Waals surface area contributed by atoms with Crippen LogP contribution in [0.5, 0.6) is 0 Å². The Balaban J connectivity index is 1.95. The second-order valence-electron chi connectivity index (χ2n) is 9.33. The highest BCUT2D eigenvalue weighted by molar-refractivity contribution is 6.02. The Hall–Kier alpha value is -3.15. The van der Waals surface area contributed by atoms with Crippen LogP contribution < -0.4 is 14.8 Å². The normalized spacial score (nSPS) is 12.3. The first kappa shape index (κ1) is 25.9. The number of aliphatic hydroxyl groups is 2. The molecule has 0 unspecified atom stereocenters. The summed E-state index contributed by atoms with van der Waals surface area (Å²) in [7, 11) is 0. The fraction of sp³-hybridized carbons (Fsp3) is 0.387. The van der Waals surface area contributed by atoms with Gasteiger partial charge in [-0.25, -0.2) is 4.58 Å². The summed E-state index contributed by atoms with van der Waals surface area (Å²) in [6.45, 7) is 7.61. The number of hydrogen-bond donors (Lipinski definition) is 2. The van der Waals surface area contributed by atoms with Crippen molar-refractivity contribution in [1.82, 2.24) is 4.58 Å². The summed E-state index contributed by atoms with van der Waals surface area (Å²) >= 11 is 0. The zero-order valence-corrected chi connectivity index (χ0v) is 21.6. The Morgan fingerprint density at radius 3 is 2.33 bits per heavy atom. The quantitative estimate of drug-likeness (QED) is 0.208. The lowest BCUT2D eigenvalue weighted by Gasteiger charge is -2.24. The van der Waals surface area contributed by atoms with Crippen molar-refractivity contribution in [3.63, 3.8) is 0 Å². The third-order valence-electron chi connectivity index (χ3n) is 6.78. The lowest BCUT2D eigenvalue weighted by molar-refractivity contribution is 0.280. The summed E-state index contributed by atoms with van der Waals surface area (Å²) < 4.78 is 8.81. The molecule has 2 aliphatic rings. The molecule has 2 N–H and O–H groups in total. The van der Waals surface area contributed by atoms with Crippen LogP contribution >= 0.6 is 0 Å². The number of anilines is 1. The highest BCUT2D eigenvalue weighted by Crippen LogP contribution is 2.40. The molecule has 1 aliphatic carbocycles. The van der Waals surface area contributed by atoms with Crippen molar-refractivity contribution in [2.75, 3.05) is 44.3 Å². The van der Waals surface area contributed by atoms with Gasteiger partial charge in [-0.2, -0.15) is 0 Å². The molecule has 1 heterocycles. The number of unbranched alkanes of at least 4 members (excludes halogenated alkanes) is 2. The largest absolute Gasteiger partial charge is 0.456 e. The number of aliphatic hydroxyl groups excluding tert-OH is 2. The molecule has 1 aliphatic heterocycles. The zero-order valence-electron chi connectivity index (χ0n) is 21.6. The number of hydrogen-bond acceptors (Lipinski definition) is 4. The van der Waals surface area contributed by atoms with E-state index in [2.05, 4.69) is 84.0 Å². The molecule has 190 valence electrons. The maximum Gasteiger partial charge on any atom is 0.203 e. The van der Waals surface area contributed by atoms with Gasteiger partial charge < -0.3 is 19.5 Å². The van der Waals surface area contributed by atoms with E-state index < -0.39 is 0 Å². The van der Waals surface area contributed by atoms with Crippen LogP contribution in [-0.2, 0) is 0 Å². The van der Waals surface area contributed by atoms with Crippen LogP contribution in [-0.4, -0.2) is 49.6 Å². The fourth-order valence-electron chi connectivity index (χ4n) is 4.86. The Bertz CT molecular complexity index is 1300. The van der Waals surface area contributed by atoms with Crippen molar-refractivity contribution in [3.8, 4) is 22.5 Å². The molecule has 0 atom stereocenters. The van der Waals surface area contributed by atoms with Crippen molar-refractivity contribution in [2.24, 2.45) is 0 Å². The number of benzene rings is 3. The molecule has 5 heteroatoms. The lowest BCUT2D eigenvalue weighted by Crippen LogP contribution is -2.33. The summed E-state index contributed by atoms with van der Waals surface area (Å²) in [5.74, 6) is 0.831. The predicted octanol–water partition coefficient (Wildman–Crippen LogP) is 5.37. The van der Waals surface area contributed by atoms with Crippen LogP contribution in [0.4, 0.5) is 5.69 Å². The van der Waals surface area contributed by atoms with Crippen molar-refractivity contribution in [2.45, 2.75) is 39.5 Å². The van der Waals surface area contributed by atoms with E-state index in [0.29, 0.717) is 13.1 Å². The van der Waals surface area contributed by atoms with E-state index in [0.717, 1.165) is 83.2 Å². The minimum absolute atomic E-state index is 0.119. The summed E-state index contributed by atoms with van der Waals surface area (Å²) in [6.07, 6.45) is 4.36. The molecule has 0 saturated heterocycles. The maximum absolute atomic E-state index is 9.64. The van der Waals surface area contributed by atoms with Crippen molar-refractivity contribution in [1.29, 1.82) is 0 Å². The van der Waals surface area contributed by atoms with E-state index in [4.69, 9.17) is 4.42 Å². The van der Waals surface area contributed by atoms with Gasteiger partial charge in [0.25, 0.3) is 0 Å². The predicted molar refractivity (Wildman–Crippen MR) is 149 cm³/mol. The first-order valence-electron chi connectivity index (χ1n) is 13.3. The Morgan fingerprint density at radius 2 is 1.61 bits per heavy atom. The molecule has 0 aromatic heterocycles. The molecule has 0 saturated carbocycles. The fourth-order valence-corrected chi connectivity index (χ4v) is 4.86. The molecule has 2 aromatic rings. The Labute approximate surface area is 214 Å². The van der Waals surface area contributed by atoms with Gasteiger partial charge in [-0.05, 0) is 30.2 Å². The van der Waals surface area contributed by atoms with Gasteiger partial charge in [0.1, 0.15) is 24.5 Å². The van der Waals surface area contributed by atoms with Crippen LogP contribution in [0.2, 0.25) is 0 Å². The third-order valence-corrected chi connectivity index (χ3v) is 6.78. The standard InChI is InChI=1S/C31H39N2O3/c1-3-5-16-32(18-20-34)25-12-14-27-29(22-25)36-30-23-26(33(19-21-35)17-6-4-2)13-15-28(30)31(27)24-10-8-7-9-11-24/h7-15,22-23,34-35H,3-6,16-21H2,1-2H3/q+1. The highest BCUT2D eigenvalue weighted by atomic mass is 16.3. The van der Waals surface area contributed by atoms with Gasteiger partial charge in [-0.3, -0.25) is 0 Å². The number of nitrogens with zero attached hydrogens (tertiary/aromatic N) is 2. The van der Waals surface area contributed by atoms with Crippen molar-refractivity contribution >= 4 is 16.7 Å². The van der Waals surface area contributed by atoms with E-state index in [1.165, 1.54) is 0 Å². The third kappa shape index (κ3) is 5.80.